The summed E-state index contributed by atoms with van der Waals surface area (Å²) >= 11 is 0. The minimum atomic E-state index is -4.18. The quantitative estimate of drug-likeness (QED) is 0.239. The lowest BCUT2D eigenvalue weighted by atomic mass is 10.00. The first-order chi connectivity index (χ1) is 8.85. The van der Waals surface area contributed by atoms with Gasteiger partial charge < -0.3 is 5.11 Å². The second kappa shape index (κ2) is 6.33. The van der Waals surface area contributed by atoms with Crippen LogP contribution in [0.2, 0.25) is 0 Å². The molecule has 0 heterocycles. The Labute approximate surface area is 118 Å². The van der Waals surface area contributed by atoms with Crippen LogP contribution in [-0.4, -0.2) is 67.0 Å². The Hall–Kier alpha value is -1.45. The Morgan fingerprint density at radius 3 is 2.15 bits per heavy atom. The molecule has 0 aromatic rings. The number of rotatable bonds is 8. The molecule has 3 N–H and O–H groups in total. The highest BCUT2D eigenvalue weighted by Crippen LogP contribution is 2.23. The Morgan fingerprint density at radius 2 is 1.85 bits per heavy atom. The number of nitrogens with zero attached hydrogens (tertiary/aromatic N) is 1. The standard InChI is InChI=1S/C11H20N2O6S/c1-5-9(14)12-11(10(15)16,13(2,3)4)7-6-8-20(17,18)19/h5H,1,6-8H2,2-4H3,(H2-,12,14,15,16,17,18,19)/p+1. The lowest BCUT2D eigenvalue weighted by Crippen LogP contribution is -2.71. The molecule has 1 atom stereocenters. The smallest absolute Gasteiger partial charge is 0.388 e. The number of quaternary nitrogens is 1. The molecule has 0 aliphatic carbocycles. The van der Waals surface area contributed by atoms with Crippen molar-refractivity contribution in [2.75, 3.05) is 26.9 Å². The van der Waals surface area contributed by atoms with Crippen LogP contribution in [0.1, 0.15) is 12.8 Å². The van der Waals surface area contributed by atoms with Gasteiger partial charge in [-0.1, -0.05) is 6.58 Å². The van der Waals surface area contributed by atoms with Gasteiger partial charge in [0.15, 0.2) is 0 Å². The van der Waals surface area contributed by atoms with Crippen LogP contribution in [0, 0.1) is 0 Å². The minimum absolute atomic E-state index is 0.113. The molecule has 0 spiro atoms. The molecule has 0 bridgehead atoms. The number of likely N-dealkylation sites (N-methyl/N-ethyl adjacent to an activating group) is 1. The van der Waals surface area contributed by atoms with E-state index in [4.69, 9.17) is 4.55 Å². The molecule has 0 aromatic carbocycles. The lowest BCUT2D eigenvalue weighted by molar-refractivity contribution is -0.917. The Morgan fingerprint density at radius 1 is 1.35 bits per heavy atom. The van der Waals surface area contributed by atoms with Crippen LogP contribution < -0.4 is 5.32 Å². The summed E-state index contributed by atoms with van der Waals surface area (Å²) in [4.78, 5) is 23.1. The number of amides is 1. The first kappa shape index (κ1) is 18.6. The van der Waals surface area contributed by atoms with Gasteiger partial charge in [0.25, 0.3) is 15.8 Å². The first-order valence-electron chi connectivity index (χ1n) is 5.80. The summed E-state index contributed by atoms with van der Waals surface area (Å²) in [6.45, 7) is 3.26. The Kier molecular flexibility index (Phi) is 5.87. The maximum absolute atomic E-state index is 11.6. The maximum Gasteiger partial charge on any atom is 0.388 e. The number of nitrogens with one attached hydrogen (secondary N) is 1. The SMILES string of the molecule is C=CC(=O)NC(CCCS(=O)(=O)O)(C(=O)O)[N+](C)(C)C. The molecule has 1 amide bonds. The van der Waals surface area contributed by atoms with E-state index in [0.29, 0.717) is 0 Å². The second-order valence-corrected chi connectivity index (χ2v) is 6.83. The Bertz CT molecular complexity index is 494. The van der Waals surface area contributed by atoms with Crippen LogP contribution >= 0.6 is 0 Å². The van der Waals surface area contributed by atoms with E-state index < -0.39 is 33.4 Å². The van der Waals surface area contributed by atoms with E-state index in [1.54, 1.807) is 21.1 Å². The largest absolute Gasteiger partial charge is 0.475 e. The van der Waals surface area contributed by atoms with Crippen LogP contribution in [0.3, 0.4) is 0 Å². The minimum Gasteiger partial charge on any atom is -0.475 e. The molecule has 116 valence electrons. The van der Waals surface area contributed by atoms with Crippen molar-refractivity contribution in [2.45, 2.75) is 18.5 Å². The van der Waals surface area contributed by atoms with Gasteiger partial charge in [-0.05, 0) is 12.5 Å². The fourth-order valence-corrected chi connectivity index (χ4v) is 2.29. The van der Waals surface area contributed by atoms with Crippen molar-refractivity contribution in [1.82, 2.24) is 5.32 Å². The van der Waals surface area contributed by atoms with Gasteiger partial charge in [-0.15, -0.1) is 0 Å². The third kappa shape index (κ3) is 4.91. The zero-order valence-corrected chi connectivity index (χ0v) is 12.6. The van der Waals surface area contributed by atoms with E-state index in [1.165, 1.54) is 0 Å². The molecule has 0 saturated heterocycles. The number of hydrogen-bond acceptors (Lipinski definition) is 4. The maximum atomic E-state index is 11.6. The van der Waals surface area contributed by atoms with Gasteiger partial charge in [0.05, 0.1) is 26.9 Å². The first-order valence-corrected chi connectivity index (χ1v) is 7.41. The molecule has 1 unspecified atom stereocenters. The molecule has 9 heteroatoms. The highest BCUT2D eigenvalue weighted by Gasteiger charge is 2.51. The van der Waals surface area contributed by atoms with Crippen molar-refractivity contribution in [3.05, 3.63) is 12.7 Å². The van der Waals surface area contributed by atoms with Crippen LogP contribution in [0.15, 0.2) is 12.7 Å². The summed E-state index contributed by atoms with van der Waals surface area (Å²) in [7, 11) is 0.497. The summed E-state index contributed by atoms with van der Waals surface area (Å²) in [6, 6.07) is 0. The van der Waals surface area contributed by atoms with Gasteiger partial charge in [-0.25, -0.2) is 4.79 Å². The zero-order chi connectivity index (χ0) is 16.2. The van der Waals surface area contributed by atoms with Crippen molar-refractivity contribution < 1.29 is 32.1 Å². The topological polar surface area (TPSA) is 121 Å². The summed E-state index contributed by atoms with van der Waals surface area (Å²) in [6.07, 6.45) is 0.666. The number of carboxylic acid groups (broad SMARTS) is 1. The number of carbonyl (C=O) groups excluding carboxylic acids is 1. The molecule has 0 rings (SSSR count). The molecular weight excluding hydrogens is 288 g/mol. The van der Waals surface area contributed by atoms with Gasteiger partial charge in [-0.3, -0.25) is 19.1 Å². The molecule has 0 aliphatic rings. The van der Waals surface area contributed by atoms with Gasteiger partial charge in [0, 0.05) is 6.42 Å². The van der Waals surface area contributed by atoms with E-state index >= 15 is 0 Å². The molecule has 0 aliphatic heterocycles. The number of carbonyl (C=O) groups is 2. The van der Waals surface area contributed by atoms with Crippen molar-refractivity contribution in [2.24, 2.45) is 0 Å². The van der Waals surface area contributed by atoms with Crippen LogP contribution in [0.5, 0.6) is 0 Å². The predicted octanol–water partition coefficient (Wildman–Crippen LogP) is -0.556. The zero-order valence-electron chi connectivity index (χ0n) is 11.8. The monoisotopic (exact) mass is 309 g/mol. The van der Waals surface area contributed by atoms with Crippen LogP contribution in [0.4, 0.5) is 0 Å². The van der Waals surface area contributed by atoms with E-state index in [-0.39, 0.29) is 17.3 Å². The predicted molar refractivity (Wildman–Crippen MR) is 72.4 cm³/mol. The molecule has 0 radical (unpaired) electrons. The Balaban J connectivity index is 5.37. The van der Waals surface area contributed by atoms with Crippen molar-refractivity contribution in [3.8, 4) is 0 Å². The summed E-state index contributed by atoms with van der Waals surface area (Å²) in [5, 5.41) is 11.8. The number of hydrogen-bond donors (Lipinski definition) is 3. The van der Waals surface area contributed by atoms with Crippen LogP contribution in [0.25, 0.3) is 0 Å². The molecule has 0 fully saturated rings. The molecule has 0 saturated carbocycles. The lowest BCUT2D eigenvalue weighted by Gasteiger charge is -2.42. The third-order valence-corrected chi connectivity index (χ3v) is 3.76. The molecule has 8 nitrogen and oxygen atoms in total. The van der Waals surface area contributed by atoms with Gasteiger partial charge >= 0.3 is 5.97 Å². The van der Waals surface area contributed by atoms with E-state index in [0.717, 1.165) is 6.08 Å². The fraction of sp³-hybridized carbons (Fsp3) is 0.636. The normalized spacial score (nSPS) is 15.2. The molecule has 20 heavy (non-hydrogen) atoms. The van der Waals surface area contributed by atoms with Gasteiger partial charge in [0.1, 0.15) is 0 Å². The summed E-state index contributed by atoms with van der Waals surface area (Å²) < 4.78 is 30.0. The van der Waals surface area contributed by atoms with Crippen molar-refractivity contribution in [1.29, 1.82) is 0 Å². The summed E-state index contributed by atoms with van der Waals surface area (Å²) in [5.74, 6) is -2.55. The van der Waals surface area contributed by atoms with E-state index in [2.05, 4.69) is 11.9 Å². The fourth-order valence-electron chi connectivity index (χ4n) is 1.78. The average Bonchev–Trinajstić information content (AvgIpc) is 2.23. The van der Waals surface area contributed by atoms with Crippen molar-refractivity contribution >= 4 is 22.0 Å². The highest BCUT2D eigenvalue weighted by molar-refractivity contribution is 7.85. The van der Waals surface area contributed by atoms with Gasteiger partial charge in [-0.2, -0.15) is 8.42 Å². The highest BCUT2D eigenvalue weighted by atomic mass is 32.2. The summed E-state index contributed by atoms with van der Waals surface area (Å²) in [5.41, 5.74) is -1.71. The number of carboxylic acids is 1. The third-order valence-electron chi connectivity index (χ3n) is 2.96. The van der Waals surface area contributed by atoms with E-state index in [9.17, 15) is 23.1 Å². The molecular formula is C11H21N2O6S+. The average molecular weight is 309 g/mol. The molecule has 0 aromatic heterocycles. The second-order valence-electron chi connectivity index (χ2n) is 5.26. The van der Waals surface area contributed by atoms with E-state index in [1.807, 2.05) is 0 Å². The van der Waals surface area contributed by atoms with Crippen LogP contribution in [-0.2, 0) is 19.7 Å². The number of aliphatic carboxylic acids is 1. The van der Waals surface area contributed by atoms with Gasteiger partial charge in [0.2, 0.25) is 5.91 Å². The van der Waals surface area contributed by atoms with Crippen molar-refractivity contribution in [3.63, 3.8) is 0 Å².